The molecule has 2 N–H and O–H groups in total. The molecule has 3 heterocycles. The minimum Gasteiger partial charge on any atom is -0.378 e. The van der Waals surface area contributed by atoms with Gasteiger partial charge in [0.25, 0.3) is 0 Å². The first-order chi connectivity index (χ1) is 11.5. The van der Waals surface area contributed by atoms with Crippen LogP contribution < -0.4 is 15.5 Å². The van der Waals surface area contributed by atoms with Crippen LogP contribution in [0, 0.1) is 10.1 Å². The van der Waals surface area contributed by atoms with Gasteiger partial charge < -0.3 is 20.3 Å². The molecule has 9 heteroatoms. The second-order valence-electron chi connectivity index (χ2n) is 6.55. The van der Waals surface area contributed by atoms with Crippen molar-refractivity contribution in [3.8, 4) is 0 Å². The van der Waals surface area contributed by atoms with E-state index in [1.807, 2.05) is 18.7 Å². The van der Waals surface area contributed by atoms with Crippen molar-refractivity contribution in [1.29, 1.82) is 0 Å². The van der Waals surface area contributed by atoms with Gasteiger partial charge in [0, 0.05) is 26.2 Å². The van der Waals surface area contributed by atoms with Gasteiger partial charge in [0.1, 0.15) is 0 Å². The van der Waals surface area contributed by atoms with Crippen LogP contribution in [0.25, 0.3) is 0 Å². The van der Waals surface area contributed by atoms with Crippen LogP contribution in [0.1, 0.15) is 33.1 Å². The lowest BCUT2D eigenvalue weighted by atomic mass is 10.1. The highest BCUT2D eigenvalue weighted by Gasteiger charge is 2.32. The summed E-state index contributed by atoms with van der Waals surface area (Å²) < 4.78 is 5.72. The van der Waals surface area contributed by atoms with E-state index in [-0.39, 0.29) is 23.7 Å². The summed E-state index contributed by atoms with van der Waals surface area (Å²) in [5.74, 6) is 0.715. The lowest BCUT2D eigenvalue weighted by Crippen LogP contribution is -2.46. The summed E-state index contributed by atoms with van der Waals surface area (Å²) in [6, 6.07) is 0. The minimum absolute atomic E-state index is 0.0250. The van der Waals surface area contributed by atoms with Crippen LogP contribution in [0.2, 0.25) is 0 Å². The number of piperidine rings is 1. The molecule has 0 saturated carbocycles. The molecule has 2 atom stereocenters. The van der Waals surface area contributed by atoms with Crippen molar-refractivity contribution in [2.24, 2.45) is 0 Å². The zero-order valence-corrected chi connectivity index (χ0v) is 14.1. The van der Waals surface area contributed by atoms with Gasteiger partial charge in [0.15, 0.2) is 0 Å². The average molecular weight is 336 g/mol. The molecule has 0 spiro atoms. The highest BCUT2D eigenvalue weighted by molar-refractivity contribution is 5.71. The second kappa shape index (κ2) is 6.76. The molecule has 1 aromatic heterocycles. The van der Waals surface area contributed by atoms with E-state index < -0.39 is 4.92 Å². The number of anilines is 3. The minimum atomic E-state index is -0.491. The molecule has 0 bridgehead atoms. The number of hydrogen-bond acceptors (Lipinski definition) is 8. The van der Waals surface area contributed by atoms with Crippen LogP contribution in [-0.4, -0.2) is 53.3 Å². The zero-order valence-electron chi connectivity index (χ0n) is 14.1. The van der Waals surface area contributed by atoms with Crippen molar-refractivity contribution >= 4 is 23.3 Å². The molecule has 2 fully saturated rings. The van der Waals surface area contributed by atoms with Gasteiger partial charge in [-0.1, -0.05) is 0 Å². The molecule has 132 valence electrons. The van der Waals surface area contributed by atoms with Gasteiger partial charge in [-0.2, -0.15) is 9.97 Å². The van der Waals surface area contributed by atoms with Gasteiger partial charge in [-0.3, -0.25) is 10.1 Å². The van der Waals surface area contributed by atoms with Crippen molar-refractivity contribution in [1.82, 2.24) is 9.97 Å². The van der Waals surface area contributed by atoms with Crippen LogP contribution >= 0.6 is 0 Å². The van der Waals surface area contributed by atoms with Gasteiger partial charge in [-0.25, -0.2) is 0 Å². The van der Waals surface area contributed by atoms with E-state index in [0.29, 0.717) is 24.9 Å². The Morgan fingerprint density at radius 3 is 2.33 bits per heavy atom. The molecule has 0 amide bonds. The summed E-state index contributed by atoms with van der Waals surface area (Å²) in [6.45, 7) is 6.69. The smallest absolute Gasteiger partial charge is 0.353 e. The molecule has 3 rings (SSSR count). The third-order valence-corrected chi connectivity index (χ3v) is 4.42. The van der Waals surface area contributed by atoms with Gasteiger partial charge in [0.05, 0.1) is 17.1 Å². The predicted molar refractivity (Wildman–Crippen MR) is 91.4 cm³/mol. The first-order valence-corrected chi connectivity index (χ1v) is 8.43. The molecule has 0 unspecified atom stereocenters. The number of ether oxygens (including phenoxy) is 1. The fourth-order valence-electron chi connectivity index (χ4n) is 3.43. The van der Waals surface area contributed by atoms with Crippen molar-refractivity contribution in [2.45, 2.75) is 45.3 Å². The molecule has 0 aliphatic carbocycles. The number of nitro groups is 1. The van der Waals surface area contributed by atoms with E-state index in [2.05, 4.69) is 14.9 Å². The Morgan fingerprint density at radius 2 is 1.75 bits per heavy atom. The van der Waals surface area contributed by atoms with Gasteiger partial charge in [0.2, 0.25) is 17.6 Å². The first-order valence-electron chi connectivity index (χ1n) is 8.43. The summed E-state index contributed by atoms with van der Waals surface area (Å²) >= 11 is 0. The van der Waals surface area contributed by atoms with E-state index in [1.165, 1.54) is 6.42 Å². The Bertz CT molecular complexity index is 609. The van der Waals surface area contributed by atoms with E-state index in [1.54, 1.807) is 0 Å². The highest BCUT2D eigenvalue weighted by Crippen LogP contribution is 2.34. The molecule has 0 aromatic carbocycles. The maximum absolute atomic E-state index is 11.5. The van der Waals surface area contributed by atoms with Gasteiger partial charge >= 0.3 is 5.69 Å². The van der Waals surface area contributed by atoms with E-state index in [4.69, 9.17) is 10.5 Å². The van der Waals surface area contributed by atoms with E-state index in [0.717, 1.165) is 25.9 Å². The zero-order chi connectivity index (χ0) is 17.3. The van der Waals surface area contributed by atoms with Crippen LogP contribution in [0.4, 0.5) is 23.3 Å². The Labute approximate surface area is 140 Å². The number of nitrogen functional groups attached to an aromatic ring is 1. The number of nitrogens with zero attached hydrogens (tertiary/aromatic N) is 5. The summed E-state index contributed by atoms with van der Waals surface area (Å²) in [7, 11) is 0. The fraction of sp³-hybridized carbons (Fsp3) is 0.733. The standard InChI is InChI=1S/C15H24N6O3/c1-10-8-20(9-11(2)24-10)14-12(21(22)23)13(16)17-15(18-14)19-6-4-3-5-7-19/h10-11H,3-9H2,1-2H3,(H2,16,17,18)/t10-,11-/m1/s1. The maximum atomic E-state index is 11.5. The largest absolute Gasteiger partial charge is 0.378 e. The number of morpholine rings is 1. The molecule has 24 heavy (non-hydrogen) atoms. The normalized spacial score (nSPS) is 24.9. The molecule has 0 radical (unpaired) electrons. The van der Waals surface area contributed by atoms with Crippen LogP contribution in [0.5, 0.6) is 0 Å². The summed E-state index contributed by atoms with van der Waals surface area (Å²) in [4.78, 5) is 23.7. The maximum Gasteiger partial charge on any atom is 0.353 e. The molecular formula is C15H24N6O3. The molecule has 2 aliphatic rings. The van der Waals surface area contributed by atoms with Crippen LogP contribution in [0.3, 0.4) is 0 Å². The lowest BCUT2D eigenvalue weighted by molar-refractivity contribution is -0.383. The Kier molecular flexibility index (Phi) is 4.70. The number of aromatic nitrogens is 2. The van der Waals surface area contributed by atoms with Crippen molar-refractivity contribution < 1.29 is 9.66 Å². The second-order valence-corrected chi connectivity index (χ2v) is 6.55. The Balaban J connectivity index is 2.00. The summed E-state index contributed by atoms with van der Waals surface area (Å²) in [6.07, 6.45) is 3.28. The summed E-state index contributed by atoms with van der Waals surface area (Å²) in [5, 5.41) is 11.5. The third-order valence-electron chi connectivity index (χ3n) is 4.42. The molecular weight excluding hydrogens is 312 g/mol. The average Bonchev–Trinajstić information content (AvgIpc) is 2.53. The SMILES string of the molecule is C[C@@H]1CN(c2nc(N3CCCCC3)nc(N)c2[N+](=O)[O-])C[C@@H](C)O1. The highest BCUT2D eigenvalue weighted by atomic mass is 16.6. The fourth-order valence-corrected chi connectivity index (χ4v) is 3.43. The number of rotatable bonds is 3. The van der Waals surface area contributed by atoms with Crippen LogP contribution in [0.15, 0.2) is 0 Å². The van der Waals surface area contributed by atoms with Crippen molar-refractivity contribution in [3.63, 3.8) is 0 Å². The molecule has 9 nitrogen and oxygen atoms in total. The van der Waals surface area contributed by atoms with E-state index in [9.17, 15) is 10.1 Å². The summed E-state index contributed by atoms with van der Waals surface area (Å²) in [5.41, 5.74) is 5.72. The number of hydrogen-bond donors (Lipinski definition) is 1. The number of nitrogens with two attached hydrogens (primary N) is 1. The Hall–Kier alpha value is -2.16. The lowest BCUT2D eigenvalue weighted by Gasteiger charge is -2.36. The molecule has 1 aromatic rings. The molecule has 2 saturated heterocycles. The predicted octanol–water partition coefficient (Wildman–Crippen LogP) is 1.57. The van der Waals surface area contributed by atoms with E-state index >= 15 is 0 Å². The quantitative estimate of drug-likeness (QED) is 0.654. The van der Waals surface area contributed by atoms with Crippen molar-refractivity contribution in [2.75, 3.05) is 41.7 Å². The first kappa shape index (κ1) is 16.7. The van der Waals surface area contributed by atoms with Gasteiger partial charge in [-0.05, 0) is 33.1 Å². The molecule has 2 aliphatic heterocycles. The topological polar surface area (TPSA) is 111 Å². The van der Waals surface area contributed by atoms with Crippen molar-refractivity contribution in [3.05, 3.63) is 10.1 Å². The Morgan fingerprint density at radius 1 is 1.12 bits per heavy atom. The third kappa shape index (κ3) is 3.35. The van der Waals surface area contributed by atoms with Crippen LogP contribution in [-0.2, 0) is 4.74 Å². The monoisotopic (exact) mass is 336 g/mol. The van der Waals surface area contributed by atoms with Gasteiger partial charge in [-0.15, -0.1) is 0 Å².